The zero-order chi connectivity index (χ0) is 9.42. The van der Waals surface area contributed by atoms with E-state index in [1.165, 1.54) is 0 Å². The van der Waals surface area contributed by atoms with Crippen LogP contribution in [0.5, 0.6) is 0 Å². The van der Waals surface area contributed by atoms with Crippen molar-refractivity contribution in [2.24, 2.45) is 0 Å². The van der Waals surface area contributed by atoms with Gasteiger partial charge in [0.2, 0.25) is 0 Å². The largest absolute Gasteiger partial charge is 0.204 e. The van der Waals surface area contributed by atoms with Crippen LogP contribution in [0.1, 0.15) is 23.1 Å². The van der Waals surface area contributed by atoms with Gasteiger partial charge < -0.3 is 0 Å². The van der Waals surface area contributed by atoms with Crippen molar-refractivity contribution in [3.63, 3.8) is 0 Å². The first-order valence-electron chi connectivity index (χ1n) is 4.14. The Balaban J connectivity index is 2.73. The van der Waals surface area contributed by atoms with E-state index in [4.69, 9.17) is 16.9 Å². The van der Waals surface area contributed by atoms with Crippen LogP contribution < -0.4 is 0 Å². The lowest BCUT2D eigenvalue weighted by molar-refractivity contribution is 0.622. The molecule has 3 heteroatoms. The summed E-state index contributed by atoms with van der Waals surface area (Å²) in [5.41, 5.74) is 2.02. The molecule has 0 radical (unpaired) electrons. The minimum Gasteiger partial charge on any atom is -0.204 e. The molecule has 66 valence electrons. The predicted molar refractivity (Wildman–Crippen MR) is 48.2 cm³/mol. The van der Waals surface area contributed by atoms with Crippen LogP contribution in [0.15, 0.2) is 6.07 Å². The first kappa shape index (κ1) is 8.52. The highest BCUT2D eigenvalue weighted by Crippen LogP contribution is 2.31. The summed E-state index contributed by atoms with van der Waals surface area (Å²) in [6.07, 6.45) is 2.69. The standard InChI is InChI=1S/C10H7ClFN/c11-9-4-6-2-1-3-7(6)8(5-13)10(9)12/h4H,1-3H2. The van der Waals surface area contributed by atoms with Crippen LogP contribution in [0.25, 0.3) is 0 Å². The molecule has 0 N–H and O–H groups in total. The Morgan fingerprint density at radius 3 is 2.92 bits per heavy atom. The monoisotopic (exact) mass is 195 g/mol. The van der Waals surface area contributed by atoms with Crippen LogP contribution in [-0.4, -0.2) is 0 Å². The summed E-state index contributed by atoms with van der Waals surface area (Å²) in [7, 11) is 0. The highest BCUT2D eigenvalue weighted by Gasteiger charge is 2.20. The van der Waals surface area contributed by atoms with E-state index < -0.39 is 5.82 Å². The van der Waals surface area contributed by atoms with Crippen LogP contribution in [-0.2, 0) is 12.8 Å². The van der Waals surface area contributed by atoms with Gasteiger partial charge in [0.05, 0.1) is 10.6 Å². The SMILES string of the molecule is N#Cc1c(F)c(Cl)cc2c1CCC2. The Bertz CT molecular complexity index is 406. The van der Waals surface area contributed by atoms with E-state index in [1.807, 2.05) is 6.07 Å². The molecule has 1 aromatic carbocycles. The molecule has 0 unspecified atom stereocenters. The van der Waals surface area contributed by atoms with E-state index in [2.05, 4.69) is 0 Å². The molecular formula is C10H7ClFN. The van der Waals surface area contributed by atoms with Crippen molar-refractivity contribution in [3.8, 4) is 6.07 Å². The third-order valence-corrected chi connectivity index (χ3v) is 2.68. The van der Waals surface area contributed by atoms with Crippen molar-refractivity contribution < 1.29 is 4.39 Å². The first-order valence-corrected chi connectivity index (χ1v) is 4.51. The van der Waals surface area contributed by atoms with E-state index in [9.17, 15) is 4.39 Å². The Hall–Kier alpha value is -1.07. The summed E-state index contributed by atoms with van der Waals surface area (Å²) >= 11 is 5.65. The van der Waals surface area contributed by atoms with Crippen molar-refractivity contribution in [3.05, 3.63) is 33.6 Å². The number of hydrogen-bond donors (Lipinski definition) is 0. The van der Waals surface area contributed by atoms with E-state index in [1.54, 1.807) is 6.07 Å². The molecule has 1 nitrogen and oxygen atoms in total. The topological polar surface area (TPSA) is 23.8 Å². The van der Waals surface area contributed by atoms with E-state index in [-0.39, 0.29) is 10.6 Å². The Morgan fingerprint density at radius 1 is 1.46 bits per heavy atom. The van der Waals surface area contributed by atoms with Crippen molar-refractivity contribution in [1.82, 2.24) is 0 Å². The number of hydrogen-bond acceptors (Lipinski definition) is 1. The van der Waals surface area contributed by atoms with Gasteiger partial charge in [0.1, 0.15) is 6.07 Å². The fraction of sp³-hybridized carbons (Fsp3) is 0.300. The average Bonchev–Trinajstić information content (AvgIpc) is 2.54. The van der Waals surface area contributed by atoms with Crippen LogP contribution in [0, 0.1) is 17.1 Å². The van der Waals surface area contributed by atoms with Gasteiger partial charge in [-0.2, -0.15) is 5.26 Å². The van der Waals surface area contributed by atoms with Crippen molar-refractivity contribution in [1.29, 1.82) is 5.26 Å². The number of benzene rings is 1. The second-order valence-electron chi connectivity index (χ2n) is 3.15. The number of nitriles is 1. The number of fused-ring (bicyclic) bond motifs is 1. The smallest absolute Gasteiger partial charge is 0.159 e. The minimum atomic E-state index is -0.565. The van der Waals surface area contributed by atoms with Crippen molar-refractivity contribution in [2.75, 3.05) is 0 Å². The highest BCUT2D eigenvalue weighted by atomic mass is 35.5. The minimum absolute atomic E-state index is 0.0669. The van der Waals surface area contributed by atoms with Crippen molar-refractivity contribution >= 4 is 11.6 Å². The lowest BCUT2D eigenvalue weighted by Gasteiger charge is -2.04. The molecule has 0 aromatic heterocycles. The lowest BCUT2D eigenvalue weighted by atomic mass is 10.0. The lowest BCUT2D eigenvalue weighted by Crippen LogP contribution is -1.94. The summed E-state index contributed by atoms with van der Waals surface area (Å²) in [6, 6.07) is 3.52. The van der Waals surface area contributed by atoms with Gasteiger partial charge in [0.25, 0.3) is 0 Å². The second kappa shape index (κ2) is 3.01. The quantitative estimate of drug-likeness (QED) is 0.625. The van der Waals surface area contributed by atoms with Crippen LogP contribution in [0.3, 0.4) is 0 Å². The fourth-order valence-corrected chi connectivity index (χ4v) is 2.02. The maximum Gasteiger partial charge on any atom is 0.159 e. The molecule has 0 spiro atoms. The fourth-order valence-electron chi connectivity index (χ4n) is 1.80. The summed E-state index contributed by atoms with van der Waals surface area (Å²) < 4.78 is 13.3. The van der Waals surface area contributed by atoms with Gasteiger partial charge in [-0.25, -0.2) is 4.39 Å². The third kappa shape index (κ3) is 1.20. The molecule has 0 atom stereocenters. The average molecular weight is 196 g/mol. The first-order chi connectivity index (χ1) is 6.24. The van der Waals surface area contributed by atoms with Gasteiger partial charge in [-0.15, -0.1) is 0 Å². The molecule has 1 aromatic rings. The summed E-state index contributed by atoms with van der Waals surface area (Å²) in [6.45, 7) is 0. The van der Waals surface area contributed by atoms with Gasteiger partial charge in [-0.1, -0.05) is 11.6 Å². The van der Waals surface area contributed by atoms with Crippen molar-refractivity contribution in [2.45, 2.75) is 19.3 Å². The number of nitrogens with zero attached hydrogens (tertiary/aromatic N) is 1. The molecule has 13 heavy (non-hydrogen) atoms. The Kier molecular flexibility index (Phi) is 1.97. The maximum absolute atomic E-state index is 13.3. The zero-order valence-corrected chi connectivity index (χ0v) is 7.66. The molecule has 1 aliphatic rings. The van der Waals surface area contributed by atoms with E-state index in [0.717, 1.165) is 30.4 Å². The Labute approximate surface area is 80.7 Å². The molecular weight excluding hydrogens is 189 g/mol. The molecule has 0 amide bonds. The highest BCUT2D eigenvalue weighted by molar-refractivity contribution is 6.31. The van der Waals surface area contributed by atoms with Gasteiger partial charge in [-0.3, -0.25) is 0 Å². The number of rotatable bonds is 0. The van der Waals surface area contributed by atoms with E-state index in [0.29, 0.717) is 0 Å². The second-order valence-corrected chi connectivity index (χ2v) is 3.56. The van der Waals surface area contributed by atoms with Gasteiger partial charge in [0, 0.05) is 0 Å². The molecule has 0 bridgehead atoms. The molecule has 0 aliphatic heterocycles. The summed E-state index contributed by atoms with van der Waals surface area (Å²) in [4.78, 5) is 0. The maximum atomic E-state index is 13.3. The van der Waals surface area contributed by atoms with Crippen LogP contribution >= 0.6 is 11.6 Å². The molecule has 0 saturated heterocycles. The third-order valence-electron chi connectivity index (χ3n) is 2.40. The molecule has 2 rings (SSSR count). The molecule has 0 heterocycles. The zero-order valence-electron chi connectivity index (χ0n) is 6.90. The summed E-state index contributed by atoms with van der Waals surface area (Å²) in [5, 5.41) is 8.83. The number of aryl methyl sites for hydroxylation is 1. The van der Waals surface area contributed by atoms with Crippen LogP contribution in [0.4, 0.5) is 4.39 Å². The van der Waals surface area contributed by atoms with E-state index >= 15 is 0 Å². The van der Waals surface area contributed by atoms with Crippen LogP contribution in [0.2, 0.25) is 5.02 Å². The predicted octanol–water partition coefficient (Wildman–Crippen LogP) is 2.84. The summed E-state index contributed by atoms with van der Waals surface area (Å²) in [5.74, 6) is -0.565. The molecule has 0 saturated carbocycles. The normalized spacial score (nSPS) is 13.9. The van der Waals surface area contributed by atoms with Gasteiger partial charge >= 0.3 is 0 Å². The molecule has 1 aliphatic carbocycles. The number of halogens is 2. The Morgan fingerprint density at radius 2 is 2.23 bits per heavy atom. The van der Waals surface area contributed by atoms with Gasteiger partial charge in [-0.05, 0) is 36.5 Å². The molecule has 0 fully saturated rings. The van der Waals surface area contributed by atoms with Gasteiger partial charge in [0.15, 0.2) is 5.82 Å².